The lowest BCUT2D eigenvalue weighted by atomic mass is 10.2. The van der Waals surface area contributed by atoms with Crippen LogP contribution in [0.15, 0.2) is 53.9 Å². The van der Waals surface area contributed by atoms with Crippen LogP contribution in [-0.4, -0.2) is 23.4 Å². The fourth-order valence-electron chi connectivity index (χ4n) is 2.52. The molecule has 0 aliphatic heterocycles. The first kappa shape index (κ1) is 18.6. The second-order valence-electron chi connectivity index (χ2n) is 5.74. The Labute approximate surface area is 161 Å². The van der Waals surface area contributed by atoms with Gasteiger partial charge in [-0.05, 0) is 43.3 Å². The van der Waals surface area contributed by atoms with E-state index in [2.05, 4.69) is 10.3 Å². The molecule has 7 heteroatoms. The number of ether oxygens (including phenoxy) is 1. The van der Waals surface area contributed by atoms with Crippen molar-refractivity contribution >= 4 is 28.8 Å². The van der Waals surface area contributed by atoms with E-state index in [0.717, 1.165) is 16.3 Å². The summed E-state index contributed by atoms with van der Waals surface area (Å²) in [6.45, 7) is 2.51. The average molecular weight is 381 g/mol. The molecule has 2 aromatic carbocycles. The summed E-state index contributed by atoms with van der Waals surface area (Å²) in [4.78, 5) is 27.9. The Morgan fingerprint density at radius 1 is 1.15 bits per heavy atom. The van der Waals surface area contributed by atoms with E-state index >= 15 is 0 Å². The molecule has 0 aliphatic rings. The number of benzene rings is 2. The van der Waals surface area contributed by atoms with Crippen LogP contribution in [0.5, 0.6) is 5.75 Å². The van der Waals surface area contributed by atoms with Crippen molar-refractivity contribution in [3.63, 3.8) is 0 Å². The van der Waals surface area contributed by atoms with Gasteiger partial charge in [0.25, 0.3) is 0 Å². The average Bonchev–Trinajstić information content (AvgIpc) is 3.11. The zero-order chi connectivity index (χ0) is 19.2. The molecule has 0 radical (unpaired) electrons. The second kappa shape index (κ2) is 8.46. The summed E-state index contributed by atoms with van der Waals surface area (Å²) in [5.74, 6) is 0.0897. The molecule has 0 atom stereocenters. The molecule has 6 nitrogen and oxygen atoms in total. The van der Waals surface area contributed by atoms with Gasteiger partial charge >= 0.3 is 0 Å². The molecule has 0 fully saturated rings. The highest BCUT2D eigenvalue weighted by molar-refractivity contribution is 7.13. The number of nitrogens with zero attached hydrogens (tertiary/aromatic N) is 1. The third kappa shape index (κ3) is 4.71. The number of hydrogen-bond acceptors (Lipinski definition) is 5. The molecule has 0 spiro atoms. The molecule has 1 aromatic heterocycles. The summed E-state index contributed by atoms with van der Waals surface area (Å²) < 4.78 is 5.64. The number of anilines is 1. The van der Waals surface area contributed by atoms with Crippen LogP contribution in [0.1, 0.15) is 23.0 Å². The third-order valence-corrected chi connectivity index (χ3v) is 4.69. The van der Waals surface area contributed by atoms with Gasteiger partial charge in [-0.15, -0.1) is 11.3 Å². The van der Waals surface area contributed by atoms with Crippen LogP contribution in [0, 0.1) is 0 Å². The maximum Gasteiger partial charge on any atom is 0.248 e. The Balaban J connectivity index is 1.67. The topological polar surface area (TPSA) is 94.3 Å². The number of carbonyl (C=O) groups is 2. The smallest absolute Gasteiger partial charge is 0.248 e. The van der Waals surface area contributed by atoms with Gasteiger partial charge in [-0.3, -0.25) is 9.59 Å². The first-order valence-electron chi connectivity index (χ1n) is 8.43. The first-order valence-corrected chi connectivity index (χ1v) is 9.31. The molecular formula is C20H19N3O3S. The number of amides is 2. The fourth-order valence-corrected chi connectivity index (χ4v) is 3.37. The van der Waals surface area contributed by atoms with E-state index in [9.17, 15) is 9.59 Å². The van der Waals surface area contributed by atoms with Gasteiger partial charge in [-0.1, -0.05) is 12.1 Å². The highest BCUT2D eigenvalue weighted by Crippen LogP contribution is 2.32. The van der Waals surface area contributed by atoms with Crippen LogP contribution in [-0.2, 0) is 11.2 Å². The second-order valence-corrected chi connectivity index (χ2v) is 6.60. The van der Waals surface area contributed by atoms with Crippen LogP contribution < -0.4 is 15.8 Å². The summed E-state index contributed by atoms with van der Waals surface area (Å²) >= 11 is 1.47. The van der Waals surface area contributed by atoms with E-state index in [0.29, 0.717) is 23.6 Å². The van der Waals surface area contributed by atoms with E-state index in [-0.39, 0.29) is 12.3 Å². The predicted octanol–water partition coefficient (Wildman–Crippen LogP) is 3.49. The number of aromatic nitrogens is 1. The predicted molar refractivity (Wildman–Crippen MR) is 106 cm³/mol. The van der Waals surface area contributed by atoms with Crippen molar-refractivity contribution in [2.24, 2.45) is 5.73 Å². The van der Waals surface area contributed by atoms with Crippen LogP contribution in [0.2, 0.25) is 0 Å². The van der Waals surface area contributed by atoms with Crippen molar-refractivity contribution < 1.29 is 14.3 Å². The van der Waals surface area contributed by atoms with Crippen molar-refractivity contribution in [1.82, 2.24) is 4.98 Å². The number of carbonyl (C=O) groups excluding carboxylic acids is 2. The molecule has 0 saturated heterocycles. The normalized spacial score (nSPS) is 10.4. The third-order valence-electron chi connectivity index (χ3n) is 3.76. The molecule has 27 heavy (non-hydrogen) atoms. The van der Waals surface area contributed by atoms with Crippen LogP contribution >= 0.6 is 11.3 Å². The monoisotopic (exact) mass is 381 g/mol. The number of rotatable bonds is 7. The van der Waals surface area contributed by atoms with Crippen molar-refractivity contribution in [2.75, 3.05) is 11.9 Å². The number of para-hydroxylation sites is 1. The van der Waals surface area contributed by atoms with Crippen molar-refractivity contribution in [1.29, 1.82) is 0 Å². The van der Waals surface area contributed by atoms with Gasteiger partial charge < -0.3 is 15.8 Å². The van der Waals surface area contributed by atoms with Crippen LogP contribution in [0.25, 0.3) is 10.6 Å². The summed E-state index contributed by atoms with van der Waals surface area (Å²) in [5.41, 5.74) is 7.80. The minimum absolute atomic E-state index is 0.158. The molecule has 138 valence electrons. The van der Waals surface area contributed by atoms with E-state index in [1.165, 1.54) is 11.3 Å². The SMILES string of the molecule is CCOc1ccccc1-c1nc(CC(=O)Nc2ccc(C(N)=O)cc2)cs1. The van der Waals surface area contributed by atoms with Crippen LogP contribution in [0.3, 0.4) is 0 Å². The minimum atomic E-state index is -0.504. The van der Waals surface area contributed by atoms with Gasteiger partial charge in [0.15, 0.2) is 0 Å². The highest BCUT2D eigenvalue weighted by atomic mass is 32.1. The highest BCUT2D eigenvalue weighted by Gasteiger charge is 2.12. The molecule has 3 aromatic rings. The van der Waals surface area contributed by atoms with E-state index in [1.807, 2.05) is 36.6 Å². The van der Waals surface area contributed by atoms with Gasteiger partial charge in [0.1, 0.15) is 10.8 Å². The van der Waals surface area contributed by atoms with Gasteiger partial charge in [-0.2, -0.15) is 0 Å². The molecule has 2 amide bonds. The van der Waals surface area contributed by atoms with E-state index < -0.39 is 5.91 Å². The summed E-state index contributed by atoms with van der Waals surface area (Å²) in [7, 11) is 0. The largest absolute Gasteiger partial charge is 0.493 e. The molecule has 3 rings (SSSR count). The van der Waals surface area contributed by atoms with Crippen molar-refractivity contribution in [3.8, 4) is 16.3 Å². The molecule has 3 N–H and O–H groups in total. The molecule has 0 saturated carbocycles. The quantitative estimate of drug-likeness (QED) is 0.655. The Hall–Kier alpha value is -3.19. The summed E-state index contributed by atoms with van der Waals surface area (Å²) in [6.07, 6.45) is 0.158. The zero-order valence-corrected chi connectivity index (χ0v) is 15.6. The van der Waals surface area contributed by atoms with Gasteiger partial charge in [0.2, 0.25) is 11.8 Å². The van der Waals surface area contributed by atoms with Crippen molar-refractivity contribution in [3.05, 3.63) is 65.2 Å². The van der Waals surface area contributed by atoms with Crippen molar-refractivity contribution in [2.45, 2.75) is 13.3 Å². The van der Waals surface area contributed by atoms with Gasteiger partial charge in [0, 0.05) is 16.6 Å². The van der Waals surface area contributed by atoms with E-state index in [1.54, 1.807) is 24.3 Å². The number of nitrogens with one attached hydrogen (secondary N) is 1. The lowest BCUT2D eigenvalue weighted by Gasteiger charge is -2.07. The lowest BCUT2D eigenvalue weighted by molar-refractivity contribution is -0.115. The zero-order valence-electron chi connectivity index (χ0n) is 14.8. The molecular weight excluding hydrogens is 362 g/mol. The molecule has 0 aliphatic carbocycles. The fraction of sp³-hybridized carbons (Fsp3) is 0.150. The van der Waals surface area contributed by atoms with E-state index in [4.69, 9.17) is 10.5 Å². The standard InChI is InChI=1S/C20H19N3O3S/c1-2-26-17-6-4-3-5-16(17)20-23-15(12-27-20)11-18(24)22-14-9-7-13(8-10-14)19(21)25/h3-10,12H,2,11H2,1H3,(H2,21,25)(H,22,24). The molecule has 0 bridgehead atoms. The summed E-state index contributed by atoms with van der Waals surface area (Å²) in [5, 5.41) is 5.47. The van der Waals surface area contributed by atoms with Gasteiger partial charge in [0.05, 0.1) is 24.3 Å². The number of nitrogens with two attached hydrogens (primary N) is 1. The Morgan fingerprint density at radius 2 is 1.89 bits per heavy atom. The Morgan fingerprint density at radius 3 is 2.59 bits per heavy atom. The number of primary amides is 1. The molecule has 0 unspecified atom stereocenters. The maximum atomic E-state index is 12.3. The Bertz CT molecular complexity index is 951. The minimum Gasteiger partial charge on any atom is -0.493 e. The lowest BCUT2D eigenvalue weighted by Crippen LogP contribution is -2.15. The first-order chi connectivity index (χ1) is 13.1. The summed E-state index contributed by atoms with van der Waals surface area (Å²) in [6, 6.07) is 14.1. The maximum absolute atomic E-state index is 12.3. The van der Waals surface area contributed by atoms with Gasteiger partial charge in [-0.25, -0.2) is 4.98 Å². The Kier molecular flexibility index (Phi) is 5.83. The molecule has 1 heterocycles. The number of thiazole rings is 1. The number of hydrogen-bond donors (Lipinski definition) is 2. The van der Waals surface area contributed by atoms with Crippen LogP contribution in [0.4, 0.5) is 5.69 Å².